The number of carboxylic acid groups (broad SMARTS) is 1. The van der Waals surface area contributed by atoms with Crippen molar-refractivity contribution >= 4 is 11.8 Å². The molecule has 4 heteroatoms. The molecule has 0 bridgehead atoms. The molecule has 0 aromatic rings. The van der Waals surface area contributed by atoms with Gasteiger partial charge in [-0.05, 0) is 91.3 Å². The van der Waals surface area contributed by atoms with Gasteiger partial charge in [0.25, 0.3) is 0 Å². The van der Waals surface area contributed by atoms with Crippen LogP contribution in [0.2, 0.25) is 0 Å². The van der Waals surface area contributed by atoms with Crippen molar-refractivity contribution in [3.63, 3.8) is 0 Å². The molecule has 0 aromatic heterocycles. The van der Waals surface area contributed by atoms with E-state index in [0.29, 0.717) is 48.7 Å². The number of hydrogen-bond donors (Lipinski definition) is 2. The third-order valence-corrected chi connectivity index (χ3v) is 12.4. The zero-order valence-electron chi connectivity index (χ0n) is 24.8. The number of fused-ring (bicyclic) bond motifs is 4. The summed E-state index contributed by atoms with van der Waals surface area (Å²) in [5.41, 5.74) is 2.25. The maximum absolute atomic E-state index is 14.4. The number of aliphatic carboxylic acids is 1. The molecule has 4 nitrogen and oxygen atoms in total. The van der Waals surface area contributed by atoms with Crippen LogP contribution >= 0.6 is 0 Å². The summed E-state index contributed by atoms with van der Waals surface area (Å²) in [5.74, 6) is 1.66. The largest absolute Gasteiger partial charge is 0.481 e. The summed E-state index contributed by atoms with van der Waals surface area (Å²) in [6.45, 7) is 16.3. The topological polar surface area (TPSA) is 74.6 Å². The molecule has 0 amide bonds. The molecule has 0 spiro atoms. The Morgan fingerprint density at radius 3 is 2.32 bits per heavy atom. The van der Waals surface area contributed by atoms with E-state index in [1.807, 2.05) is 0 Å². The van der Waals surface area contributed by atoms with E-state index >= 15 is 0 Å². The summed E-state index contributed by atoms with van der Waals surface area (Å²) in [4.78, 5) is 25.9. The van der Waals surface area contributed by atoms with Crippen molar-refractivity contribution in [3.05, 3.63) is 11.1 Å². The Hall–Kier alpha value is -1.16. The molecule has 0 radical (unpaired) electrons. The van der Waals surface area contributed by atoms with Crippen LogP contribution in [0, 0.1) is 45.3 Å². The third-order valence-electron chi connectivity index (χ3n) is 12.4. The van der Waals surface area contributed by atoms with Crippen LogP contribution in [-0.2, 0) is 9.59 Å². The van der Waals surface area contributed by atoms with Gasteiger partial charge in [-0.1, -0.05) is 78.9 Å². The van der Waals surface area contributed by atoms with Gasteiger partial charge in [-0.25, -0.2) is 0 Å². The first kappa shape index (κ1) is 28.8. The van der Waals surface area contributed by atoms with Crippen molar-refractivity contribution in [1.29, 1.82) is 0 Å². The number of hydrogen-bond acceptors (Lipinski definition) is 3. The second kappa shape index (κ2) is 10.1. The number of carboxylic acids is 1. The summed E-state index contributed by atoms with van der Waals surface area (Å²) < 4.78 is 0. The number of carbonyl (C=O) groups is 2. The lowest BCUT2D eigenvalue weighted by Crippen LogP contribution is -2.56. The third kappa shape index (κ3) is 4.45. The predicted octanol–water partition coefficient (Wildman–Crippen LogP) is 7.97. The van der Waals surface area contributed by atoms with Gasteiger partial charge in [0, 0.05) is 12.8 Å². The highest BCUT2D eigenvalue weighted by Crippen LogP contribution is 2.72. The van der Waals surface area contributed by atoms with Crippen molar-refractivity contribution in [2.75, 3.05) is 0 Å². The summed E-state index contributed by atoms with van der Waals surface area (Å²) in [7, 11) is 0. The zero-order chi connectivity index (χ0) is 27.4. The molecule has 1 unspecified atom stereocenters. The Bertz CT molecular complexity index is 931. The van der Waals surface area contributed by atoms with E-state index in [1.54, 1.807) is 0 Å². The lowest BCUT2D eigenvalue weighted by Gasteiger charge is -2.62. The van der Waals surface area contributed by atoms with E-state index in [2.05, 4.69) is 48.5 Å². The molecule has 0 saturated heterocycles. The maximum atomic E-state index is 14.4. The molecule has 4 aliphatic rings. The molecule has 0 heterocycles. The highest BCUT2D eigenvalue weighted by atomic mass is 16.4. The number of rotatable bonds is 9. The maximum Gasteiger partial charge on any atom is 0.303 e. The summed E-state index contributed by atoms with van der Waals surface area (Å²) in [5, 5.41) is 20.4. The van der Waals surface area contributed by atoms with Crippen LogP contribution < -0.4 is 0 Å². The van der Waals surface area contributed by atoms with Crippen molar-refractivity contribution < 1.29 is 19.8 Å². The Morgan fingerprint density at radius 1 is 0.973 bits per heavy atom. The lowest BCUT2D eigenvalue weighted by atomic mass is 9.42. The van der Waals surface area contributed by atoms with Crippen molar-refractivity contribution in [1.82, 2.24) is 0 Å². The van der Waals surface area contributed by atoms with Crippen LogP contribution in [0.1, 0.15) is 132 Å². The van der Waals surface area contributed by atoms with Gasteiger partial charge in [-0.2, -0.15) is 0 Å². The van der Waals surface area contributed by atoms with Gasteiger partial charge >= 0.3 is 5.97 Å². The van der Waals surface area contributed by atoms with Crippen molar-refractivity contribution in [2.24, 2.45) is 45.3 Å². The minimum atomic E-state index is -0.758. The molecular weight excluding hydrogens is 460 g/mol. The Kier molecular flexibility index (Phi) is 7.87. The quantitative estimate of drug-likeness (QED) is 0.306. The molecule has 4 aliphatic carbocycles. The first-order valence-electron chi connectivity index (χ1n) is 15.4. The molecule has 210 valence electrons. The monoisotopic (exact) mass is 514 g/mol. The van der Waals surface area contributed by atoms with Crippen LogP contribution in [0.25, 0.3) is 0 Å². The molecule has 7 atom stereocenters. The molecule has 2 fully saturated rings. The Labute approximate surface area is 226 Å². The molecule has 0 aromatic carbocycles. The minimum Gasteiger partial charge on any atom is -0.481 e. The number of ketones is 1. The normalized spacial score (nSPS) is 39.8. The van der Waals surface area contributed by atoms with E-state index < -0.39 is 11.4 Å². The molecule has 2 saturated carbocycles. The predicted molar refractivity (Wildman–Crippen MR) is 149 cm³/mol. The van der Waals surface area contributed by atoms with Crippen LogP contribution in [0.3, 0.4) is 0 Å². The van der Waals surface area contributed by atoms with E-state index in [1.165, 1.54) is 30.4 Å². The van der Waals surface area contributed by atoms with Crippen LogP contribution in [-0.4, -0.2) is 28.1 Å². The SMILES string of the molecule is CC(C)CCC[C@@H](C)[C@H]1CC(=O)[C@@]2(CCCC(=O)O)C3=C(CC[C@]12C)[C@@]1(C)CC[C@H](O)C(C)(C)C1CC3. The summed E-state index contributed by atoms with van der Waals surface area (Å²) in [6.07, 6.45) is 11.3. The van der Waals surface area contributed by atoms with Gasteiger partial charge < -0.3 is 10.2 Å². The fraction of sp³-hybridized carbons (Fsp3) is 0.879. The minimum absolute atomic E-state index is 0.0265. The summed E-state index contributed by atoms with van der Waals surface area (Å²) >= 11 is 0. The molecule has 37 heavy (non-hydrogen) atoms. The average Bonchev–Trinajstić information content (AvgIpc) is 3.04. The van der Waals surface area contributed by atoms with E-state index in [0.717, 1.165) is 38.5 Å². The summed E-state index contributed by atoms with van der Waals surface area (Å²) in [6, 6.07) is 0. The van der Waals surface area contributed by atoms with Gasteiger partial charge in [0.15, 0.2) is 0 Å². The van der Waals surface area contributed by atoms with Crippen LogP contribution in [0.5, 0.6) is 0 Å². The van der Waals surface area contributed by atoms with Gasteiger partial charge in [-0.15, -0.1) is 0 Å². The van der Waals surface area contributed by atoms with Crippen molar-refractivity contribution in [2.45, 2.75) is 138 Å². The van der Waals surface area contributed by atoms with E-state index in [-0.39, 0.29) is 28.8 Å². The average molecular weight is 515 g/mol. The smallest absolute Gasteiger partial charge is 0.303 e. The van der Waals surface area contributed by atoms with E-state index in [4.69, 9.17) is 0 Å². The molecule has 4 rings (SSSR count). The molecular formula is C33H54O4. The van der Waals surface area contributed by atoms with Crippen LogP contribution in [0.15, 0.2) is 11.1 Å². The first-order valence-corrected chi connectivity index (χ1v) is 15.4. The highest BCUT2D eigenvalue weighted by Gasteiger charge is 2.68. The fourth-order valence-corrected chi connectivity index (χ4v) is 10.3. The number of aliphatic hydroxyl groups is 1. The molecule has 2 N–H and O–H groups in total. The fourth-order valence-electron chi connectivity index (χ4n) is 10.3. The highest BCUT2D eigenvalue weighted by molar-refractivity contribution is 5.92. The number of Topliss-reactive ketones (excluding diaryl/α,β-unsaturated/α-hetero) is 1. The lowest BCUT2D eigenvalue weighted by molar-refractivity contribution is -0.138. The standard InChI is InChI=1S/C33H54O4/c1-21(2)10-8-11-22(3)25-20-28(35)33(17-9-12-29(36)37)24-13-14-26-30(4,5)27(34)16-18-31(26,6)23(24)15-19-32(25,33)7/h21-22,25-27,34H,8-20H2,1-7H3,(H,36,37)/t22-,25-,26?,27+,31-,32-,33-/m1/s1. The van der Waals surface area contributed by atoms with Gasteiger partial charge in [0.05, 0.1) is 11.5 Å². The Balaban J connectivity index is 1.76. The van der Waals surface area contributed by atoms with Crippen molar-refractivity contribution in [3.8, 4) is 0 Å². The second-order valence-corrected chi connectivity index (χ2v) is 14.9. The molecule has 0 aliphatic heterocycles. The van der Waals surface area contributed by atoms with Gasteiger partial charge in [0.2, 0.25) is 0 Å². The zero-order valence-corrected chi connectivity index (χ0v) is 24.8. The van der Waals surface area contributed by atoms with Gasteiger partial charge in [-0.3, -0.25) is 9.59 Å². The number of aliphatic hydroxyl groups excluding tert-OH is 1. The number of allylic oxidation sites excluding steroid dienone is 2. The first-order chi connectivity index (χ1) is 17.2. The Morgan fingerprint density at radius 2 is 1.68 bits per heavy atom. The number of carbonyl (C=O) groups excluding carboxylic acids is 1. The second-order valence-electron chi connectivity index (χ2n) is 14.9. The van der Waals surface area contributed by atoms with Crippen LogP contribution in [0.4, 0.5) is 0 Å². The van der Waals surface area contributed by atoms with E-state index in [9.17, 15) is 19.8 Å². The van der Waals surface area contributed by atoms with Gasteiger partial charge in [0.1, 0.15) is 5.78 Å².